The monoisotopic (exact) mass is 300 g/mol. The highest BCUT2D eigenvalue weighted by molar-refractivity contribution is 5.87. The average molecular weight is 300 g/mol. The number of nitrogens with zero attached hydrogens (tertiary/aromatic N) is 2. The number of ether oxygens (including phenoxy) is 1. The van der Waals surface area contributed by atoms with Gasteiger partial charge in [-0.1, -0.05) is 12.7 Å². The maximum atomic E-state index is 11.9. The minimum Gasteiger partial charge on any atom is -0.481 e. The number of carbonyl (C=O) groups excluding carboxylic acids is 2. The molecule has 0 aliphatic carbocycles. The summed E-state index contributed by atoms with van der Waals surface area (Å²) < 4.78 is 4.89. The van der Waals surface area contributed by atoms with Crippen molar-refractivity contribution >= 4 is 17.8 Å². The zero-order valence-corrected chi connectivity index (χ0v) is 12.9. The van der Waals surface area contributed by atoms with Gasteiger partial charge in [-0.3, -0.25) is 9.59 Å². The average Bonchev–Trinajstić information content (AvgIpc) is 2.37. The van der Waals surface area contributed by atoms with E-state index < -0.39 is 24.4 Å². The lowest BCUT2D eigenvalue weighted by atomic mass is 10.1. The molecule has 1 atom stereocenters. The van der Waals surface area contributed by atoms with Crippen LogP contribution in [0.4, 0.5) is 0 Å². The van der Waals surface area contributed by atoms with E-state index in [4.69, 9.17) is 9.84 Å². The summed E-state index contributed by atoms with van der Waals surface area (Å²) in [7, 11) is 3.79. The smallest absolute Gasteiger partial charge is 0.329 e. The molecule has 1 amide bonds. The van der Waals surface area contributed by atoms with Crippen LogP contribution in [0, 0.1) is 0 Å². The Bertz CT molecular complexity index is 382. The molecule has 0 spiro atoms. The van der Waals surface area contributed by atoms with Crippen molar-refractivity contribution in [2.45, 2.75) is 25.8 Å². The molecule has 0 rings (SSSR count). The maximum absolute atomic E-state index is 11.9. The fourth-order valence-corrected chi connectivity index (χ4v) is 1.81. The molecule has 0 fully saturated rings. The molecule has 1 N–H and O–H groups in total. The van der Waals surface area contributed by atoms with Crippen molar-refractivity contribution in [2.24, 2.45) is 0 Å². The topological polar surface area (TPSA) is 87.2 Å². The number of hydrogen-bond donors (Lipinski definition) is 1. The molecule has 120 valence electrons. The fraction of sp³-hybridized carbons (Fsp3) is 0.643. The third-order valence-electron chi connectivity index (χ3n) is 2.77. The Labute approximate surface area is 125 Å². The summed E-state index contributed by atoms with van der Waals surface area (Å²) in [5, 5.41) is 8.93. The molecule has 0 aliphatic heterocycles. The molecule has 0 aromatic heterocycles. The van der Waals surface area contributed by atoms with E-state index in [9.17, 15) is 14.4 Å². The van der Waals surface area contributed by atoms with Crippen molar-refractivity contribution in [2.75, 3.05) is 33.8 Å². The molecular formula is C14H24N2O5. The molecule has 0 radical (unpaired) electrons. The van der Waals surface area contributed by atoms with Gasteiger partial charge in [-0.15, -0.1) is 0 Å². The predicted octanol–water partition coefficient (Wildman–Crippen LogP) is 0.359. The zero-order chi connectivity index (χ0) is 16.4. The van der Waals surface area contributed by atoms with Gasteiger partial charge in [-0.2, -0.15) is 0 Å². The maximum Gasteiger partial charge on any atom is 0.329 e. The molecule has 0 heterocycles. The SMILES string of the molecule is C=CCOC(=O)[C@H](CC(=O)O)N(CCCN(C)C)C(C)=O. The van der Waals surface area contributed by atoms with Gasteiger partial charge in [0.05, 0.1) is 6.42 Å². The molecule has 0 aromatic carbocycles. The highest BCUT2D eigenvalue weighted by Crippen LogP contribution is 2.09. The summed E-state index contributed by atoms with van der Waals surface area (Å²) in [4.78, 5) is 37.8. The molecule has 21 heavy (non-hydrogen) atoms. The number of carbonyl (C=O) groups is 3. The fourth-order valence-electron chi connectivity index (χ4n) is 1.81. The Hall–Kier alpha value is -1.89. The van der Waals surface area contributed by atoms with Crippen LogP contribution >= 0.6 is 0 Å². The Morgan fingerprint density at radius 1 is 1.29 bits per heavy atom. The van der Waals surface area contributed by atoms with Crippen LogP contribution in [0.15, 0.2) is 12.7 Å². The van der Waals surface area contributed by atoms with Gasteiger partial charge in [0.2, 0.25) is 5.91 Å². The van der Waals surface area contributed by atoms with Crippen molar-refractivity contribution in [3.63, 3.8) is 0 Å². The van der Waals surface area contributed by atoms with Crippen LogP contribution in [0.25, 0.3) is 0 Å². The lowest BCUT2D eigenvalue weighted by molar-refractivity contribution is -0.157. The van der Waals surface area contributed by atoms with Crippen LogP contribution in [0.2, 0.25) is 0 Å². The number of carboxylic acids is 1. The van der Waals surface area contributed by atoms with Crippen molar-refractivity contribution in [3.05, 3.63) is 12.7 Å². The summed E-state index contributed by atoms with van der Waals surface area (Å²) >= 11 is 0. The first-order valence-electron chi connectivity index (χ1n) is 6.70. The molecule has 0 saturated carbocycles. The van der Waals surface area contributed by atoms with Crippen LogP contribution < -0.4 is 0 Å². The van der Waals surface area contributed by atoms with Gasteiger partial charge in [-0.05, 0) is 27.1 Å². The van der Waals surface area contributed by atoms with Gasteiger partial charge in [0, 0.05) is 13.5 Å². The van der Waals surface area contributed by atoms with Gasteiger partial charge in [0.1, 0.15) is 12.6 Å². The van der Waals surface area contributed by atoms with Gasteiger partial charge in [-0.25, -0.2) is 4.79 Å². The Balaban J connectivity index is 4.91. The van der Waals surface area contributed by atoms with E-state index in [1.807, 2.05) is 19.0 Å². The van der Waals surface area contributed by atoms with E-state index in [1.54, 1.807) is 0 Å². The van der Waals surface area contributed by atoms with E-state index >= 15 is 0 Å². The van der Waals surface area contributed by atoms with Gasteiger partial charge in [0.25, 0.3) is 0 Å². The molecule has 0 bridgehead atoms. The second kappa shape index (κ2) is 9.93. The van der Waals surface area contributed by atoms with E-state index in [0.29, 0.717) is 13.0 Å². The van der Waals surface area contributed by atoms with Crippen LogP contribution in [0.3, 0.4) is 0 Å². The molecule has 7 nitrogen and oxygen atoms in total. The Kier molecular flexibility index (Phi) is 9.03. The van der Waals surface area contributed by atoms with Crippen molar-refractivity contribution in [3.8, 4) is 0 Å². The molecule has 0 aromatic rings. The molecule has 0 aliphatic rings. The number of carboxylic acid groups (broad SMARTS) is 1. The quantitative estimate of drug-likeness (QED) is 0.463. The van der Waals surface area contributed by atoms with E-state index in [-0.39, 0.29) is 12.5 Å². The van der Waals surface area contributed by atoms with E-state index in [0.717, 1.165) is 6.54 Å². The van der Waals surface area contributed by atoms with Crippen LogP contribution in [0.5, 0.6) is 0 Å². The van der Waals surface area contributed by atoms with Gasteiger partial charge >= 0.3 is 11.9 Å². The zero-order valence-electron chi connectivity index (χ0n) is 12.9. The number of aliphatic carboxylic acids is 1. The summed E-state index contributed by atoms with van der Waals surface area (Å²) in [6.45, 7) is 5.75. The summed E-state index contributed by atoms with van der Waals surface area (Å²) in [6.07, 6.45) is 1.55. The second-order valence-electron chi connectivity index (χ2n) is 4.90. The van der Waals surface area contributed by atoms with Crippen molar-refractivity contribution in [1.82, 2.24) is 9.80 Å². The highest BCUT2D eigenvalue weighted by Gasteiger charge is 2.31. The molecular weight excluding hydrogens is 276 g/mol. The van der Waals surface area contributed by atoms with Crippen LogP contribution in [0.1, 0.15) is 19.8 Å². The Morgan fingerprint density at radius 2 is 1.90 bits per heavy atom. The highest BCUT2D eigenvalue weighted by atomic mass is 16.5. The first kappa shape index (κ1) is 19.1. The number of amides is 1. The number of rotatable bonds is 10. The summed E-state index contributed by atoms with van der Waals surface area (Å²) in [5.41, 5.74) is 0. The lowest BCUT2D eigenvalue weighted by Crippen LogP contribution is -2.47. The van der Waals surface area contributed by atoms with E-state index in [2.05, 4.69) is 6.58 Å². The summed E-state index contributed by atoms with van der Waals surface area (Å²) in [6, 6.07) is -1.11. The van der Waals surface area contributed by atoms with Crippen LogP contribution in [-0.2, 0) is 19.1 Å². The number of hydrogen-bond acceptors (Lipinski definition) is 5. The minimum absolute atomic E-state index is 0.0155. The standard InChI is InChI=1S/C14H24N2O5/c1-5-9-21-14(20)12(10-13(18)19)16(11(2)17)8-6-7-15(3)4/h5,12H,1,6-10H2,2-4H3,(H,18,19)/t12-/m0/s1. The molecule has 0 unspecified atom stereocenters. The van der Waals surface area contributed by atoms with E-state index in [1.165, 1.54) is 17.9 Å². The lowest BCUT2D eigenvalue weighted by Gasteiger charge is -2.28. The third kappa shape index (κ3) is 8.09. The number of esters is 1. The largest absolute Gasteiger partial charge is 0.481 e. The predicted molar refractivity (Wildman–Crippen MR) is 77.8 cm³/mol. The second-order valence-corrected chi connectivity index (χ2v) is 4.90. The normalized spacial score (nSPS) is 11.8. The van der Waals surface area contributed by atoms with Gasteiger partial charge in [0.15, 0.2) is 0 Å². The first-order valence-corrected chi connectivity index (χ1v) is 6.70. The Morgan fingerprint density at radius 3 is 2.33 bits per heavy atom. The van der Waals surface area contributed by atoms with Crippen molar-refractivity contribution in [1.29, 1.82) is 0 Å². The third-order valence-corrected chi connectivity index (χ3v) is 2.77. The molecule has 7 heteroatoms. The summed E-state index contributed by atoms with van der Waals surface area (Å²) in [5.74, 6) is -2.23. The molecule has 0 saturated heterocycles. The van der Waals surface area contributed by atoms with Crippen molar-refractivity contribution < 1.29 is 24.2 Å². The van der Waals surface area contributed by atoms with Crippen LogP contribution in [-0.4, -0.2) is 72.6 Å². The van der Waals surface area contributed by atoms with Gasteiger partial charge < -0.3 is 19.6 Å². The first-order chi connectivity index (χ1) is 9.79. The minimum atomic E-state index is -1.16.